The molecule has 2 unspecified atom stereocenters. The third-order valence-electron chi connectivity index (χ3n) is 4.62. The molecule has 0 amide bonds. The molecule has 0 bridgehead atoms. The lowest BCUT2D eigenvalue weighted by atomic mass is 9.97. The van der Waals surface area contributed by atoms with Crippen LogP contribution in [0.25, 0.3) is 0 Å². The minimum Gasteiger partial charge on any atom is -0.384 e. The Labute approximate surface area is 130 Å². The Morgan fingerprint density at radius 1 is 1.43 bits per heavy atom. The van der Waals surface area contributed by atoms with E-state index >= 15 is 0 Å². The van der Waals surface area contributed by atoms with E-state index < -0.39 is 0 Å². The van der Waals surface area contributed by atoms with Crippen molar-refractivity contribution >= 4 is 23.3 Å². The molecule has 5 nitrogen and oxygen atoms in total. The van der Waals surface area contributed by atoms with Crippen molar-refractivity contribution in [2.24, 2.45) is 5.73 Å². The van der Waals surface area contributed by atoms with Crippen LogP contribution in [-0.4, -0.2) is 47.4 Å². The van der Waals surface area contributed by atoms with Gasteiger partial charge in [0.25, 0.3) is 0 Å². The molecule has 0 spiro atoms. The maximum atomic E-state index is 7.62. The molecule has 0 aliphatic carbocycles. The summed E-state index contributed by atoms with van der Waals surface area (Å²) in [5.74, 6) is 0.759. The van der Waals surface area contributed by atoms with Crippen molar-refractivity contribution in [3.63, 3.8) is 0 Å². The highest BCUT2D eigenvalue weighted by atomic mass is 35.5. The Balaban J connectivity index is 1.89. The van der Waals surface area contributed by atoms with Crippen molar-refractivity contribution in [1.82, 2.24) is 9.88 Å². The van der Waals surface area contributed by atoms with Crippen LogP contribution in [0.2, 0.25) is 5.02 Å². The third-order valence-corrected chi connectivity index (χ3v) is 4.99. The number of anilines is 1. The number of pyridine rings is 1. The number of hydrogen-bond donors (Lipinski definition) is 2. The second-order valence-corrected chi connectivity index (χ2v) is 6.43. The first-order valence-electron chi connectivity index (χ1n) is 7.57. The van der Waals surface area contributed by atoms with E-state index in [0.29, 0.717) is 22.7 Å². The zero-order chi connectivity index (χ0) is 15.0. The number of nitrogen functional groups attached to an aromatic ring is 1. The zero-order valence-electron chi connectivity index (χ0n) is 12.3. The lowest BCUT2D eigenvalue weighted by molar-refractivity contribution is 0.115. The van der Waals surface area contributed by atoms with Crippen LogP contribution in [0.15, 0.2) is 12.3 Å². The zero-order valence-corrected chi connectivity index (χ0v) is 13.1. The van der Waals surface area contributed by atoms with Crippen molar-refractivity contribution in [2.75, 3.05) is 24.5 Å². The van der Waals surface area contributed by atoms with E-state index in [0.717, 1.165) is 18.9 Å². The van der Waals surface area contributed by atoms with Gasteiger partial charge in [0.2, 0.25) is 0 Å². The normalized spacial score (nSPS) is 26.5. The molecule has 2 saturated heterocycles. The smallest absolute Gasteiger partial charge is 0.148 e. The molecule has 6 heteroatoms. The Morgan fingerprint density at radius 3 is 3.00 bits per heavy atom. The molecule has 2 atom stereocenters. The fourth-order valence-corrected chi connectivity index (χ4v) is 3.81. The predicted molar refractivity (Wildman–Crippen MR) is 86.3 cm³/mol. The van der Waals surface area contributed by atoms with Crippen LogP contribution in [0.4, 0.5) is 5.82 Å². The molecule has 0 saturated carbocycles. The van der Waals surface area contributed by atoms with E-state index in [2.05, 4.69) is 21.7 Å². The number of halogens is 1. The summed E-state index contributed by atoms with van der Waals surface area (Å²) in [6.45, 7) is 5.42. The average molecular weight is 308 g/mol. The Kier molecular flexibility index (Phi) is 4.04. The first kappa shape index (κ1) is 14.6. The topological polar surface area (TPSA) is 69.2 Å². The number of piperazine rings is 1. The largest absolute Gasteiger partial charge is 0.384 e. The molecule has 0 radical (unpaired) electrons. The summed E-state index contributed by atoms with van der Waals surface area (Å²) < 4.78 is 0. The van der Waals surface area contributed by atoms with Gasteiger partial charge in [-0.2, -0.15) is 0 Å². The Hall–Kier alpha value is -1.33. The van der Waals surface area contributed by atoms with Crippen molar-refractivity contribution in [1.29, 1.82) is 5.41 Å². The lowest BCUT2D eigenvalue weighted by Gasteiger charge is -2.48. The van der Waals surface area contributed by atoms with E-state index in [9.17, 15) is 0 Å². The SMILES string of the molecule is CC1CN2CCCCC2CN1c1nccc(C(=N)N)c1Cl. The third kappa shape index (κ3) is 2.72. The second kappa shape index (κ2) is 5.81. The molecule has 2 aliphatic heterocycles. The van der Waals surface area contributed by atoms with Gasteiger partial charge in [-0.3, -0.25) is 10.3 Å². The first-order chi connectivity index (χ1) is 10.1. The standard InChI is InChI=1S/C15H22ClN5/c1-10-8-20-7-3-2-4-11(20)9-21(10)15-13(16)12(14(17)18)5-6-19-15/h5-6,10-11H,2-4,7-9H2,1H3,(H3,17,18). The van der Waals surface area contributed by atoms with E-state index in [1.165, 1.54) is 25.8 Å². The minimum atomic E-state index is -0.00685. The van der Waals surface area contributed by atoms with Gasteiger partial charge in [-0.1, -0.05) is 18.0 Å². The summed E-state index contributed by atoms with van der Waals surface area (Å²) in [6, 6.07) is 2.66. The highest BCUT2D eigenvalue weighted by molar-refractivity contribution is 6.36. The van der Waals surface area contributed by atoms with Gasteiger partial charge in [0.1, 0.15) is 11.7 Å². The maximum Gasteiger partial charge on any atom is 0.148 e. The molecule has 1 aromatic heterocycles. The highest BCUT2D eigenvalue weighted by Gasteiger charge is 2.34. The number of amidine groups is 1. The molecule has 3 rings (SSSR count). The number of nitrogens with two attached hydrogens (primary N) is 1. The predicted octanol–water partition coefficient (Wildman–Crippen LogP) is 2.08. The molecule has 3 N–H and O–H groups in total. The number of piperidine rings is 1. The quantitative estimate of drug-likeness (QED) is 0.648. The average Bonchev–Trinajstić information content (AvgIpc) is 2.47. The Bertz CT molecular complexity index is 547. The van der Waals surface area contributed by atoms with Crippen LogP contribution in [0.3, 0.4) is 0 Å². The van der Waals surface area contributed by atoms with Crippen LogP contribution in [-0.2, 0) is 0 Å². The van der Waals surface area contributed by atoms with Gasteiger partial charge >= 0.3 is 0 Å². The van der Waals surface area contributed by atoms with Crippen LogP contribution in [0, 0.1) is 5.41 Å². The van der Waals surface area contributed by atoms with Gasteiger partial charge < -0.3 is 10.6 Å². The second-order valence-electron chi connectivity index (χ2n) is 6.06. The number of nitrogens with one attached hydrogen (secondary N) is 1. The first-order valence-corrected chi connectivity index (χ1v) is 7.95. The van der Waals surface area contributed by atoms with Crippen molar-refractivity contribution in [3.05, 3.63) is 22.8 Å². The molecule has 21 heavy (non-hydrogen) atoms. The molecule has 1 aromatic rings. The highest BCUT2D eigenvalue weighted by Crippen LogP contribution is 2.32. The van der Waals surface area contributed by atoms with Crippen LogP contribution in [0.5, 0.6) is 0 Å². The lowest BCUT2D eigenvalue weighted by Crippen LogP contribution is -2.59. The summed E-state index contributed by atoms with van der Waals surface area (Å²) in [6.07, 6.45) is 5.55. The van der Waals surface area contributed by atoms with Gasteiger partial charge in [0, 0.05) is 36.9 Å². The molecule has 3 heterocycles. The van der Waals surface area contributed by atoms with Gasteiger partial charge in [-0.15, -0.1) is 0 Å². The van der Waals surface area contributed by atoms with E-state index in [-0.39, 0.29) is 5.84 Å². The summed E-state index contributed by atoms with van der Waals surface area (Å²) >= 11 is 6.44. The molecular weight excluding hydrogens is 286 g/mol. The van der Waals surface area contributed by atoms with Crippen molar-refractivity contribution < 1.29 is 0 Å². The van der Waals surface area contributed by atoms with E-state index in [1.807, 2.05) is 0 Å². The molecule has 2 aliphatic rings. The van der Waals surface area contributed by atoms with E-state index in [1.54, 1.807) is 12.3 Å². The Morgan fingerprint density at radius 2 is 2.24 bits per heavy atom. The van der Waals surface area contributed by atoms with Crippen LogP contribution < -0.4 is 10.6 Å². The van der Waals surface area contributed by atoms with Crippen LogP contribution >= 0.6 is 11.6 Å². The number of nitrogens with zero attached hydrogens (tertiary/aromatic N) is 3. The van der Waals surface area contributed by atoms with Gasteiger partial charge in [-0.05, 0) is 32.4 Å². The van der Waals surface area contributed by atoms with Gasteiger partial charge in [0.15, 0.2) is 0 Å². The molecule has 0 aromatic carbocycles. The van der Waals surface area contributed by atoms with Crippen molar-refractivity contribution in [3.8, 4) is 0 Å². The summed E-state index contributed by atoms with van der Waals surface area (Å²) in [5, 5.41) is 8.12. The van der Waals surface area contributed by atoms with Crippen LogP contribution in [0.1, 0.15) is 31.7 Å². The minimum absolute atomic E-state index is 0.00685. The maximum absolute atomic E-state index is 7.62. The summed E-state index contributed by atoms with van der Waals surface area (Å²) in [7, 11) is 0. The number of fused-ring (bicyclic) bond motifs is 1. The summed E-state index contributed by atoms with van der Waals surface area (Å²) in [4.78, 5) is 9.33. The van der Waals surface area contributed by atoms with Crippen molar-refractivity contribution in [2.45, 2.75) is 38.3 Å². The van der Waals surface area contributed by atoms with E-state index in [4.69, 9.17) is 22.7 Å². The number of aromatic nitrogens is 1. The monoisotopic (exact) mass is 307 g/mol. The number of rotatable bonds is 2. The number of hydrogen-bond acceptors (Lipinski definition) is 4. The van der Waals surface area contributed by atoms with Gasteiger partial charge in [-0.25, -0.2) is 4.98 Å². The van der Waals surface area contributed by atoms with Gasteiger partial charge in [0.05, 0.1) is 5.02 Å². The summed E-state index contributed by atoms with van der Waals surface area (Å²) in [5.41, 5.74) is 6.17. The fraction of sp³-hybridized carbons (Fsp3) is 0.600. The molecular formula is C15H22ClN5. The molecule has 114 valence electrons. The molecule has 2 fully saturated rings. The fourth-order valence-electron chi connectivity index (χ4n) is 3.49.